The predicted octanol–water partition coefficient (Wildman–Crippen LogP) is 5.60. The van der Waals surface area contributed by atoms with Crippen molar-refractivity contribution in [2.45, 2.75) is 0 Å². The maximum Gasteiger partial charge on any atom is 0.142 e. The lowest BCUT2D eigenvalue weighted by molar-refractivity contribution is 0.488. The molecular weight excluding hydrogens is 272 g/mol. The molecule has 0 saturated heterocycles. The second kappa shape index (κ2) is 4.01. The fraction of sp³-hybridized carbons (Fsp3) is 0. The zero-order valence-corrected chi connectivity index (χ0v) is 11.7. The summed E-state index contributed by atoms with van der Waals surface area (Å²) in [7, 11) is 0. The molecule has 5 rings (SSSR count). The Morgan fingerprint density at radius 2 is 1.18 bits per heavy atom. The fourth-order valence-electron chi connectivity index (χ4n) is 3.52. The molecule has 0 unspecified atom stereocenters. The summed E-state index contributed by atoms with van der Waals surface area (Å²) >= 11 is 0. The minimum atomic E-state index is 0.336. The Labute approximate surface area is 126 Å². The van der Waals surface area contributed by atoms with Crippen LogP contribution in [0.25, 0.3) is 43.3 Å². The number of hydrogen-bond acceptors (Lipinski definition) is 2. The minimum absolute atomic E-state index is 0.336. The third kappa shape index (κ3) is 1.29. The highest BCUT2D eigenvalue weighted by molar-refractivity contribution is 6.35. The van der Waals surface area contributed by atoms with E-state index in [1.54, 1.807) is 6.26 Å². The van der Waals surface area contributed by atoms with Gasteiger partial charge >= 0.3 is 0 Å². The fourth-order valence-corrected chi connectivity index (χ4v) is 3.52. The van der Waals surface area contributed by atoms with E-state index in [-0.39, 0.29) is 0 Å². The van der Waals surface area contributed by atoms with Crippen molar-refractivity contribution in [3.05, 3.63) is 66.9 Å². The van der Waals surface area contributed by atoms with Gasteiger partial charge in [0.1, 0.15) is 11.3 Å². The van der Waals surface area contributed by atoms with Crippen molar-refractivity contribution >= 4 is 43.3 Å². The van der Waals surface area contributed by atoms with Crippen molar-refractivity contribution in [2.75, 3.05) is 0 Å². The molecule has 104 valence electrons. The molecule has 0 saturated carbocycles. The lowest BCUT2D eigenvalue weighted by Gasteiger charge is -2.06. The van der Waals surface area contributed by atoms with Gasteiger partial charge in [0.05, 0.1) is 6.26 Å². The summed E-state index contributed by atoms with van der Waals surface area (Å²) in [4.78, 5) is 0. The normalized spacial score (nSPS) is 11.8. The van der Waals surface area contributed by atoms with Crippen LogP contribution in [0.15, 0.2) is 71.3 Å². The van der Waals surface area contributed by atoms with Gasteiger partial charge in [-0.15, -0.1) is 0 Å². The average molecular weight is 284 g/mol. The van der Waals surface area contributed by atoms with Gasteiger partial charge < -0.3 is 9.52 Å². The lowest BCUT2D eigenvalue weighted by atomic mass is 10.00. The van der Waals surface area contributed by atoms with Crippen LogP contribution in [0.2, 0.25) is 0 Å². The molecule has 0 aliphatic rings. The first-order chi connectivity index (χ1) is 10.9. The standard InChI is InChI=1S/C20H12O2/c21-19-14-8-3-1-6-12(14)17-13-7-2-4-9-15(13)20-16(18(17)19)10-5-11-22-20/h1-11,21H. The van der Waals surface area contributed by atoms with E-state index < -0.39 is 0 Å². The molecule has 1 aromatic heterocycles. The summed E-state index contributed by atoms with van der Waals surface area (Å²) < 4.78 is 5.77. The highest BCUT2D eigenvalue weighted by Gasteiger charge is 2.18. The molecule has 1 N–H and O–H groups in total. The van der Waals surface area contributed by atoms with Crippen molar-refractivity contribution in [3.8, 4) is 5.75 Å². The number of fused-ring (bicyclic) bond motifs is 8. The highest BCUT2D eigenvalue weighted by Crippen LogP contribution is 2.46. The molecule has 0 spiro atoms. The monoisotopic (exact) mass is 284 g/mol. The van der Waals surface area contributed by atoms with Crippen LogP contribution in [-0.4, -0.2) is 5.11 Å². The van der Waals surface area contributed by atoms with E-state index in [1.165, 1.54) is 0 Å². The second-order valence-corrected chi connectivity index (χ2v) is 5.55. The maximum absolute atomic E-state index is 10.8. The van der Waals surface area contributed by atoms with E-state index in [0.717, 1.165) is 43.3 Å². The van der Waals surface area contributed by atoms with Crippen LogP contribution in [0.4, 0.5) is 0 Å². The molecule has 1 heterocycles. The highest BCUT2D eigenvalue weighted by atomic mass is 16.3. The molecule has 5 aromatic rings. The lowest BCUT2D eigenvalue weighted by Crippen LogP contribution is -1.80. The zero-order valence-electron chi connectivity index (χ0n) is 11.7. The summed E-state index contributed by atoms with van der Waals surface area (Å²) in [5.74, 6) is 0.336. The van der Waals surface area contributed by atoms with Crippen molar-refractivity contribution in [1.29, 1.82) is 0 Å². The summed E-state index contributed by atoms with van der Waals surface area (Å²) in [5.41, 5.74) is 0.816. The number of rotatable bonds is 0. The van der Waals surface area contributed by atoms with E-state index in [0.29, 0.717) is 5.75 Å². The van der Waals surface area contributed by atoms with E-state index >= 15 is 0 Å². The first-order valence-corrected chi connectivity index (χ1v) is 7.27. The summed E-state index contributed by atoms with van der Waals surface area (Å²) in [6, 6.07) is 20.1. The molecule has 2 nitrogen and oxygen atoms in total. The van der Waals surface area contributed by atoms with Crippen LogP contribution in [-0.2, 0) is 0 Å². The van der Waals surface area contributed by atoms with E-state index in [4.69, 9.17) is 4.42 Å². The van der Waals surface area contributed by atoms with Crippen LogP contribution >= 0.6 is 0 Å². The molecular formula is C20H12O2. The molecule has 2 heteroatoms. The Balaban J connectivity index is 2.29. The van der Waals surface area contributed by atoms with Gasteiger partial charge in [-0.3, -0.25) is 0 Å². The number of benzene rings is 3. The van der Waals surface area contributed by atoms with E-state index in [1.807, 2.05) is 42.5 Å². The third-order valence-corrected chi connectivity index (χ3v) is 4.42. The molecule has 4 aromatic carbocycles. The Morgan fingerprint density at radius 3 is 1.95 bits per heavy atom. The van der Waals surface area contributed by atoms with Crippen molar-refractivity contribution < 1.29 is 9.52 Å². The number of aromatic hydroxyl groups is 1. The predicted molar refractivity (Wildman–Crippen MR) is 90.4 cm³/mol. The van der Waals surface area contributed by atoms with E-state index in [2.05, 4.69) is 18.2 Å². The van der Waals surface area contributed by atoms with Crippen molar-refractivity contribution in [2.24, 2.45) is 0 Å². The van der Waals surface area contributed by atoms with Gasteiger partial charge in [0, 0.05) is 26.9 Å². The van der Waals surface area contributed by atoms with Gasteiger partial charge in [0.25, 0.3) is 0 Å². The molecule has 0 aliphatic carbocycles. The van der Waals surface area contributed by atoms with Crippen LogP contribution < -0.4 is 0 Å². The van der Waals surface area contributed by atoms with Gasteiger partial charge in [0.2, 0.25) is 0 Å². The Bertz CT molecular complexity index is 1180. The summed E-state index contributed by atoms with van der Waals surface area (Å²) in [6.45, 7) is 0. The molecule has 0 aliphatic heterocycles. The second-order valence-electron chi connectivity index (χ2n) is 5.55. The molecule has 0 atom stereocenters. The average Bonchev–Trinajstić information content (AvgIpc) is 2.89. The third-order valence-electron chi connectivity index (χ3n) is 4.42. The van der Waals surface area contributed by atoms with Crippen LogP contribution in [0, 0.1) is 0 Å². The van der Waals surface area contributed by atoms with Gasteiger partial charge in [-0.25, -0.2) is 0 Å². The quantitative estimate of drug-likeness (QED) is 0.376. The largest absolute Gasteiger partial charge is 0.507 e. The van der Waals surface area contributed by atoms with Gasteiger partial charge in [0.15, 0.2) is 0 Å². The van der Waals surface area contributed by atoms with Gasteiger partial charge in [-0.05, 0) is 22.9 Å². The van der Waals surface area contributed by atoms with Crippen molar-refractivity contribution in [3.63, 3.8) is 0 Å². The topological polar surface area (TPSA) is 33.4 Å². The number of hydrogen-bond donors (Lipinski definition) is 1. The molecule has 22 heavy (non-hydrogen) atoms. The molecule has 0 fully saturated rings. The zero-order chi connectivity index (χ0) is 14.7. The minimum Gasteiger partial charge on any atom is -0.507 e. The Morgan fingerprint density at radius 1 is 0.591 bits per heavy atom. The SMILES string of the molecule is Oc1c2ccccc2c2c3ccccc3c3occcc3c12. The Kier molecular flexibility index (Phi) is 2.12. The van der Waals surface area contributed by atoms with Gasteiger partial charge in [-0.1, -0.05) is 48.5 Å². The van der Waals surface area contributed by atoms with E-state index in [9.17, 15) is 5.11 Å². The smallest absolute Gasteiger partial charge is 0.142 e. The molecule has 0 bridgehead atoms. The van der Waals surface area contributed by atoms with Crippen molar-refractivity contribution in [1.82, 2.24) is 0 Å². The van der Waals surface area contributed by atoms with Crippen LogP contribution in [0.3, 0.4) is 0 Å². The van der Waals surface area contributed by atoms with Crippen LogP contribution in [0.1, 0.15) is 0 Å². The first kappa shape index (κ1) is 11.6. The maximum atomic E-state index is 10.8. The first-order valence-electron chi connectivity index (χ1n) is 7.27. The van der Waals surface area contributed by atoms with Gasteiger partial charge in [-0.2, -0.15) is 0 Å². The molecule has 0 radical (unpaired) electrons. The Hall–Kier alpha value is -3.00. The molecule has 0 amide bonds. The van der Waals surface area contributed by atoms with Crippen LogP contribution in [0.5, 0.6) is 5.75 Å². The summed E-state index contributed by atoms with van der Waals surface area (Å²) in [6.07, 6.45) is 1.68. The summed E-state index contributed by atoms with van der Waals surface area (Å²) in [5, 5.41) is 17.8.